The summed E-state index contributed by atoms with van der Waals surface area (Å²) in [5.41, 5.74) is 0.132. The first-order valence-electron chi connectivity index (χ1n) is 5.62. The van der Waals surface area contributed by atoms with Gasteiger partial charge in [0.15, 0.2) is 12.4 Å². The Bertz CT molecular complexity index is 458. The van der Waals surface area contributed by atoms with E-state index in [0.29, 0.717) is 0 Å². The van der Waals surface area contributed by atoms with E-state index in [1.165, 1.54) is 19.1 Å². The van der Waals surface area contributed by atoms with Gasteiger partial charge in [-0.15, -0.1) is 0 Å². The van der Waals surface area contributed by atoms with Crippen LogP contribution in [0.15, 0.2) is 18.2 Å². The summed E-state index contributed by atoms with van der Waals surface area (Å²) in [4.78, 5) is 22.7. The van der Waals surface area contributed by atoms with E-state index in [0.717, 1.165) is 6.07 Å². The van der Waals surface area contributed by atoms with E-state index in [9.17, 15) is 14.0 Å². The third kappa shape index (κ3) is 4.16. The average Bonchev–Trinajstić information content (AvgIpc) is 2.26. The van der Waals surface area contributed by atoms with Gasteiger partial charge < -0.3 is 10.1 Å². The van der Waals surface area contributed by atoms with Crippen LogP contribution < -0.4 is 10.1 Å². The number of Topliss-reactive ketones (excluding diaryl/α,β-unsaturated/α-hetero) is 1. The van der Waals surface area contributed by atoms with Crippen LogP contribution in [0.25, 0.3) is 0 Å². The Balaban J connectivity index is 2.73. The van der Waals surface area contributed by atoms with Gasteiger partial charge in [0, 0.05) is 6.04 Å². The predicted octanol–water partition coefficient (Wildman–Crippen LogP) is 1.93. The largest absolute Gasteiger partial charge is 0.483 e. The molecular formula is C13H16FNO3. The number of hydrogen-bond acceptors (Lipinski definition) is 3. The normalized spacial score (nSPS) is 10.3. The van der Waals surface area contributed by atoms with Crippen LogP contribution in [0, 0.1) is 5.82 Å². The molecule has 0 bridgehead atoms. The maximum absolute atomic E-state index is 13.0. The van der Waals surface area contributed by atoms with Crippen molar-refractivity contribution < 1.29 is 18.7 Å². The number of amides is 1. The van der Waals surface area contributed by atoms with Gasteiger partial charge in [0.25, 0.3) is 5.91 Å². The molecule has 0 saturated carbocycles. The van der Waals surface area contributed by atoms with E-state index in [4.69, 9.17) is 4.74 Å². The zero-order chi connectivity index (χ0) is 13.7. The van der Waals surface area contributed by atoms with E-state index in [2.05, 4.69) is 5.32 Å². The number of halogens is 1. The first-order valence-corrected chi connectivity index (χ1v) is 5.62. The molecule has 1 rings (SSSR count). The van der Waals surface area contributed by atoms with Crippen molar-refractivity contribution in [3.05, 3.63) is 29.6 Å². The van der Waals surface area contributed by atoms with Gasteiger partial charge in [-0.2, -0.15) is 0 Å². The zero-order valence-electron chi connectivity index (χ0n) is 10.6. The molecule has 1 N–H and O–H groups in total. The van der Waals surface area contributed by atoms with Crippen molar-refractivity contribution in [2.24, 2.45) is 0 Å². The van der Waals surface area contributed by atoms with Crippen LogP contribution in [0.4, 0.5) is 4.39 Å². The quantitative estimate of drug-likeness (QED) is 0.816. The number of nitrogens with one attached hydrogen (secondary N) is 1. The van der Waals surface area contributed by atoms with Gasteiger partial charge in [-0.05, 0) is 39.0 Å². The minimum Gasteiger partial charge on any atom is -0.483 e. The van der Waals surface area contributed by atoms with Crippen LogP contribution >= 0.6 is 0 Å². The minimum absolute atomic E-state index is 0.0154. The second-order valence-corrected chi connectivity index (χ2v) is 4.21. The highest BCUT2D eigenvalue weighted by Gasteiger charge is 2.11. The Labute approximate surface area is 105 Å². The summed E-state index contributed by atoms with van der Waals surface area (Å²) in [6.07, 6.45) is 0. The highest BCUT2D eigenvalue weighted by atomic mass is 19.1. The molecule has 0 fully saturated rings. The Hall–Kier alpha value is -1.91. The number of ether oxygens (including phenoxy) is 1. The second-order valence-electron chi connectivity index (χ2n) is 4.21. The third-order valence-corrected chi connectivity index (χ3v) is 2.13. The molecule has 0 spiro atoms. The molecule has 1 amide bonds. The molecule has 0 aliphatic carbocycles. The average molecular weight is 253 g/mol. The van der Waals surface area contributed by atoms with Crippen LogP contribution in [0.5, 0.6) is 5.75 Å². The predicted molar refractivity (Wildman–Crippen MR) is 65.2 cm³/mol. The number of carbonyl (C=O) groups excluding carboxylic acids is 2. The van der Waals surface area contributed by atoms with Gasteiger partial charge in [0.1, 0.15) is 11.6 Å². The topological polar surface area (TPSA) is 55.4 Å². The maximum atomic E-state index is 13.0. The van der Waals surface area contributed by atoms with Crippen molar-refractivity contribution in [3.8, 4) is 5.75 Å². The van der Waals surface area contributed by atoms with E-state index < -0.39 is 5.82 Å². The van der Waals surface area contributed by atoms with Crippen LogP contribution in [0.1, 0.15) is 31.1 Å². The van der Waals surface area contributed by atoms with Crippen LogP contribution in [-0.4, -0.2) is 24.3 Å². The molecule has 1 aromatic carbocycles. The SMILES string of the molecule is CC(=O)c1cc(F)ccc1OCC(=O)NC(C)C. The number of benzene rings is 1. The van der Waals surface area contributed by atoms with Crippen molar-refractivity contribution in [1.82, 2.24) is 5.32 Å². The van der Waals surface area contributed by atoms with Crippen LogP contribution in [0.3, 0.4) is 0 Å². The first kappa shape index (κ1) is 14.2. The van der Waals surface area contributed by atoms with Gasteiger partial charge in [-0.1, -0.05) is 0 Å². The highest BCUT2D eigenvalue weighted by Crippen LogP contribution is 2.20. The first-order chi connectivity index (χ1) is 8.40. The summed E-state index contributed by atoms with van der Waals surface area (Å²) >= 11 is 0. The fourth-order valence-electron chi connectivity index (χ4n) is 1.41. The lowest BCUT2D eigenvalue weighted by atomic mass is 10.1. The molecule has 5 heteroatoms. The van der Waals surface area contributed by atoms with Crippen LogP contribution in [0.2, 0.25) is 0 Å². The summed E-state index contributed by atoms with van der Waals surface area (Å²) in [5, 5.41) is 2.65. The number of hydrogen-bond donors (Lipinski definition) is 1. The molecule has 18 heavy (non-hydrogen) atoms. The van der Waals surface area contributed by atoms with E-state index in [1.54, 1.807) is 0 Å². The molecule has 0 aromatic heterocycles. The molecule has 1 aromatic rings. The minimum atomic E-state index is -0.515. The van der Waals surface area contributed by atoms with Gasteiger partial charge >= 0.3 is 0 Å². The van der Waals surface area contributed by atoms with Gasteiger partial charge in [0.05, 0.1) is 5.56 Å². The smallest absolute Gasteiger partial charge is 0.258 e. The molecular weight excluding hydrogens is 237 g/mol. The molecule has 0 aliphatic heterocycles. The van der Waals surface area contributed by atoms with Gasteiger partial charge in [-0.3, -0.25) is 9.59 Å². The summed E-state index contributed by atoms with van der Waals surface area (Å²) in [7, 11) is 0. The van der Waals surface area contributed by atoms with Crippen molar-refractivity contribution in [3.63, 3.8) is 0 Å². The molecule has 0 radical (unpaired) electrons. The maximum Gasteiger partial charge on any atom is 0.258 e. The van der Waals surface area contributed by atoms with Crippen molar-refractivity contribution in [2.45, 2.75) is 26.8 Å². The number of ketones is 1. The molecule has 0 unspecified atom stereocenters. The number of rotatable bonds is 5. The Kier molecular flexibility index (Phi) is 4.83. The van der Waals surface area contributed by atoms with E-state index >= 15 is 0 Å². The summed E-state index contributed by atoms with van der Waals surface area (Å²) in [6, 6.07) is 3.64. The van der Waals surface area contributed by atoms with Crippen molar-refractivity contribution in [1.29, 1.82) is 0 Å². The van der Waals surface area contributed by atoms with Gasteiger partial charge in [-0.25, -0.2) is 4.39 Å². The molecule has 98 valence electrons. The van der Waals surface area contributed by atoms with Crippen molar-refractivity contribution in [2.75, 3.05) is 6.61 Å². The Morgan fingerprint density at radius 3 is 2.61 bits per heavy atom. The molecule has 4 nitrogen and oxygen atoms in total. The van der Waals surface area contributed by atoms with Gasteiger partial charge in [0.2, 0.25) is 0 Å². The lowest BCUT2D eigenvalue weighted by molar-refractivity contribution is -0.123. The molecule has 0 heterocycles. The highest BCUT2D eigenvalue weighted by molar-refractivity contribution is 5.96. The van der Waals surface area contributed by atoms with Crippen molar-refractivity contribution >= 4 is 11.7 Å². The molecule has 0 aliphatic rings. The fourth-order valence-corrected chi connectivity index (χ4v) is 1.41. The van der Waals surface area contributed by atoms with Crippen LogP contribution in [-0.2, 0) is 4.79 Å². The summed E-state index contributed by atoms with van der Waals surface area (Å²) in [6.45, 7) is 4.77. The molecule has 0 atom stereocenters. The lowest BCUT2D eigenvalue weighted by Crippen LogP contribution is -2.34. The van der Waals surface area contributed by atoms with E-state index in [-0.39, 0.29) is 35.7 Å². The monoisotopic (exact) mass is 253 g/mol. The third-order valence-electron chi connectivity index (χ3n) is 2.13. The lowest BCUT2D eigenvalue weighted by Gasteiger charge is -2.11. The zero-order valence-corrected chi connectivity index (χ0v) is 10.6. The summed E-state index contributed by atoms with van der Waals surface area (Å²) < 4.78 is 18.2. The Morgan fingerprint density at radius 2 is 2.06 bits per heavy atom. The molecule has 0 saturated heterocycles. The second kappa shape index (κ2) is 6.14. The number of carbonyl (C=O) groups is 2. The summed E-state index contributed by atoms with van der Waals surface area (Å²) in [5.74, 6) is -0.903. The standard InChI is InChI=1S/C13H16FNO3/c1-8(2)15-13(17)7-18-12-5-4-10(14)6-11(12)9(3)16/h4-6,8H,7H2,1-3H3,(H,15,17). The Morgan fingerprint density at radius 1 is 1.39 bits per heavy atom. The fraction of sp³-hybridized carbons (Fsp3) is 0.385. The van der Waals surface area contributed by atoms with E-state index in [1.807, 2.05) is 13.8 Å².